The molecular weight excluding hydrogens is 340 g/mol. The number of fused-ring (bicyclic) bond motifs is 1. The van der Waals surface area contributed by atoms with E-state index >= 15 is 0 Å². The van der Waals surface area contributed by atoms with Crippen LogP contribution in [0.1, 0.15) is 37.0 Å². The van der Waals surface area contributed by atoms with E-state index in [9.17, 15) is 4.79 Å². The Morgan fingerprint density at radius 1 is 1.11 bits per heavy atom. The van der Waals surface area contributed by atoms with Crippen molar-refractivity contribution in [1.29, 1.82) is 0 Å². The van der Waals surface area contributed by atoms with Gasteiger partial charge in [-0.05, 0) is 38.0 Å². The van der Waals surface area contributed by atoms with Crippen molar-refractivity contribution in [2.45, 2.75) is 33.7 Å². The zero-order chi connectivity index (χ0) is 19.1. The van der Waals surface area contributed by atoms with Crippen molar-refractivity contribution in [3.63, 3.8) is 0 Å². The van der Waals surface area contributed by atoms with Gasteiger partial charge in [0.05, 0.1) is 28.8 Å². The fourth-order valence-corrected chi connectivity index (χ4v) is 3.49. The summed E-state index contributed by atoms with van der Waals surface area (Å²) < 4.78 is 3.41. The summed E-state index contributed by atoms with van der Waals surface area (Å²) in [6.45, 7) is 8.22. The van der Waals surface area contributed by atoms with Gasteiger partial charge in [0.1, 0.15) is 0 Å². The average Bonchev–Trinajstić information content (AvgIpc) is 3.19. The molecule has 27 heavy (non-hydrogen) atoms. The third kappa shape index (κ3) is 3.05. The van der Waals surface area contributed by atoms with Crippen molar-refractivity contribution in [3.05, 3.63) is 70.0 Å². The Morgan fingerprint density at radius 3 is 2.56 bits per heavy atom. The molecular formula is C20H22N6O. The average molecular weight is 362 g/mol. The van der Waals surface area contributed by atoms with E-state index in [2.05, 4.69) is 29.0 Å². The Kier molecular flexibility index (Phi) is 4.14. The lowest BCUT2D eigenvalue weighted by Gasteiger charge is -2.22. The maximum atomic E-state index is 12.7. The van der Waals surface area contributed by atoms with Crippen molar-refractivity contribution < 1.29 is 0 Å². The first-order valence-electron chi connectivity index (χ1n) is 9.01. The molecule has 0 amide bonds. The third-order valence-electron chi connectivity index (χ3n) is 4.65. The highest BCUT2D eigenvalue weighted by molar-refractivity contribution is 5.60. The Balaban J connectivity index is 1.86. The molecule has 0 aliphatic rings. The molecule has 1 unspecified atom stereocenters. The van der Waals surface area contributed by atoms with Crippen molar-refractivity contribution in [2.75, 3.05) is 0 Å². The van der Waals surface area contributed by atoms with Gasteiger partial charge in [0.15, 0.2) is 5.65 Å². The van der Waals surface area contributed by atoms with Gasteiger partial charge in [0.2, 0.25) is 0 Å². The van der Waals surface area contributed by atoms with Crippen LogP contribution in [0.25, 0.3) is 17.0 Å². The van der Waals surface area contributed by atoms with Crippen LogP contribution in [0.3, 0.4) is 0 Å². The maximum absolute atomic E-state index is 12.7. The summed E-state index contributed by atoms with van der Waals surface area (Å²) >= 11 is 0. The van der Waals surface area contributed by atoms with Gasteiger partial charge in [-0.2, -0.15) is 5.10 Å². The fraction of sp³-hybridized carbons (Fsp3) is 0.300. The van der Waals surface area contributed by atoms with Gasteiger partial charge in [-0.3, -0.25) is 19.6 Å². The maximum Gasteiger partial charge on any atom is 0.272 e. The van der Waals surface area contributed by atoms with Gasteiger partial charge in [-0.15, -0.1) is 0 Å². The summed E-state index contributed by atoms with van der Waals surface area (Å²) in [4.78, 5) is 21.8. The molecule has 0 spiro atoms. The number of hydrogen-bond acceptors (Lipinski definition) is 4. The lowest BCUT2D eigenvalue weighted by molar-refractivity contribution is 0.386. The first-order valence-corrected chi connectivity index (χ1v) is 9.01. The summed E-state index contributed by atoms with van der Waals surface area (Å²) in [5.41, 5.74) is 4.67. The molecule has 0 saturated heterocycles. The summed E-state index contributed by atoms with van der Waals surface area (Å²) in [5.74, 6) is 0.228. The zero-order valence-electron chi connectivity index (χ0n) is 15.8. The van der Waals surface area contributed by atoms with E-state index in [1.54, 1.807) is 12.3 Å². The number of pyridine rings is 1. The number of rotatable bonds is 4. The zero-order valence-corrected chi connectivity index (χ0v) is 15.8. The molecule has 0 aliphatic heterocycles. The first-order chi connectivity index (χ1) is 12.9. The van der Waals surface area contributed by atoms with Gasteiger partial charge in [-0.25, -0.2) is 9.50 Å². The minimum Gasteiger partial charge on any atom is -0.287 e. The molecule has 4 rings (SSSR count). The lowest BCUT2D eigenvalue weighted by atomic mass is 10.0. The van der Waals surface area contributed by atoms with Crippen LogP contribution in [0.4, 0.5) is 0 Å². The van der Waals surface area contributed by atoms with Crippen molar-refractivity contribution >= 4 is 5.65 Å². The molecule has 4 aromatic heterocycles. The van der Waals surface area contributed by atoms with Crippen molar-refractivity contribution in [3.8, 4) is 11.4 Å². The Morgan fingerprint density at radius 2 is 1.93 bits per heavy atom. The SMILES string of the molecule is Cc1cc(C)n(C(c2cc(=O)n3[nH]c(-c4ccccn4)cc3n2)C(C)C)n1. The minimum absolute atomic E-state index is 0.107. The van der Waals surface area contributed by atoms with Crippen molar-refractivity contribution in [2.24, 2.45) is 5.92 Å². The van der Waals surface area contributed by atoms with E-state index in [0.717, 1.165) is 22.8 Å². The van der Waals surface area contributed by atoms with Gasteiger partial charge < -0.3 is 0 Å². The molecule has 138 valence electrons. The second kappa shape index (κ2) is 6.50. The summed E-state index contributed by atoms with van der Waals surface area (Å²) in [6, 6.07) is 11.0. The molecule has 0 aliphatic carbocycles. The van der Waals surface area contributed by atoms with Crippen LogP contribution in [-0.4, -0.2) is 29.4 Å². The molecule has 0 saturated carbocycles. The van der Waals surface area contributed by atoms with Crippen LogP contribution in [0.15, 0.2) is 47.4 Å². The highest BCUT2D eigenvalue weighted by Gasteiger charge is 2.23. The summed E-state index contributed by atoms with van der Waals surface area (Å²) in [6.07, 6.45) is 1.72. The number of aromatic amines is 1. The molecule has 1 N–H and O–H groups in total. The number of nitrogens with zero attached hydrogens (tertiary/aromatic N) is 5. The number of nitrogens with one attached hydrogen (secondary N) is 1. The molecule has 0 aromatic carbocycles. The predicted octanol–water partition coefficient (Wildman–Crippen LogP) is 3.14. The van der Waals surface area contributed by atoms with Crippen LogP contribution in [0.5, 0.6) is 0 Å². The van der Waals surface area contributed by atoms with Crippen molar-refractivity contribution in [1.82, 2.24) is 29.4 Å². The number of hydrogen-bond donors (Lipinski definition) is 1. The largest absolute Gasteiger partial charge is 0.287 e. The smallest absolute Gasteiger partial charge is 0.272 e. The number of aryl methyl sites for hydroxylation is 2. The molecule has 7 heteroatoms. The molecule has 0 fully saturated rings. The fourth-order valence-electron chi connectivity index (χ4n) is 3.49. The van der Waals surface area contributed by atoms with E-state index in [1.807, 2.05) is 48.9 Å². The lowest BCUT2D eigenvalue weighted by Crippen LogP contribution is -2.24. The highest BCUT2D eigenvalue weighted by Crippen LogP contribution is 2.26. The second-order valence-corrected chi connectivity index (χ2v) is 7.16. The minimum atomic E-state index is -0.149. The molecule has 1 atom stereocenters. The van der Waals surface area contributed by atoms with Crippen LogP contribution in [0, 0.1) is 19.8 Å². The number of H-pyrrole nitrogens is 1. The second-order valence-electron chi connectivity index (χ2n) is 7.16. The molecule has 7 nitrogen and oxygen atoms in total. The van der Waals surface area contributed by atoms with Crippen LogP contribution < -0.4 is 5.56 Å². The predicted molar refractivity (Wildman–Crippen MR) is 104 cm³/mol. The molecule has 4 heterocycles. The monoisotopic (exact) mass is 362 g/mol. The van der Waals surface area contributed by atoms with E-state index in [4.69, 9.17) is 4.98 Å². The number of aromatic nitrogens is 6. The summed E-state index contributed by atoms with van der Waals surface area (Å²) in [7, 11) is 0. The van der Waals surface area contributed by atoms with E-state index < -0.39 is 0 Å². The van der Waals surface area contributed by atoms with Gasteiger partial charge in [0.25, 0.3) is 5.56 Å². The van der Waals surface area contributed by atoms with E-state index in [1.165, 1.54) is 4.52 Å². The Bertz CT molecular complexity index is 1150. The standard InChI is InChI=1S/C20H22N6O/c1-12(2)20(25-14(4)9-13(3)23-25)17-11-19(27)26-18(22-17)10-16(24-26)15-7-5-6-8-21-15/h5-12,20,24H,1-4H3. The first kappa shape index (κ1) is 17.2. The van der Waals surface area contributed by atoms with Crippen LogP contribution >= 0.6 is 0 Å². The topological polar surface area (TPSA) is 80.9 Å². The van der Waals surface area contributed by atoms with E-state index in [-0.39, 0.29) is 17.5 Å². The van der Waals surface area contributed by atoms with Gasteiger partial charge >= 0.3 is 0 Å². The van der Waals surface area contributed by atoms with Crippen LogP contribution in [0.2, 0.25) is 0 Å². The molecule has 4 aromatic rings. The van der Waals surface area contributed by atoms with E-state index in [0.29, 0.717) is 11.3 Å². The van der Waals surface area contributed by atoms with Gasteiger partial charge in [-0.1, -0.05) is 19.9 Å². The van der Waals surface area contributed by atoms with Crippen LogP contribution in [-0.2, 0) is 0 Å². The highest BCUT2D eigenvalue weighted by atomic mass is 16.1. The third-order valence-corrected chi connectivity index (χ3v) is 4.65. The molecule has 0 bridgehead atoms. The Hall–Kier alpha value is -3.22. The Labute approximate surface area is 156 Å². The summed E-state index contributed by atoms with van der Waals surface area (Å²) in [5, 5.41) is 7.71. The van der Waals surface area contributed by atoms with Gasteiger partial charge in [0, 0.05) is 24.0 Å². The quantitative estimate of drug-likeness (QED) is 0.605. The normalized spacial score (nSPS) is 12.8. The molecule has 0 radical (unpaired) electrons.